The Morgan fingerprint density at radius 3 is 2.93 bits per heavy atom. The fourth-order valence-corrected chi connectivity index (χ4v) is 2.22. The van der Waals surface area contributed by atoms with Gasteiger partial charge in [0.1, 0.15) is 6.04 Å². The number of carbonyl (C=O) groups excluding carboxylic acids is 1. The summed E-state index contributed by atoms with van der Waals surface area (Å²) in [5, 5.41) is 0. The highest BCUT2D eigenvalue weighted by molar-refractivity contribution is 5.75. The first-order valence-corrected chi connectivity index (χ1v) is 5.71. The monoisotopic (exact) mass is 213 g/mol. The molecular formula is C11H19NO3. The summed E-state index contributed by atoms with van der Waals surface area (Å²) in [5.74, 6) is 0.629. The zero-order valence-electron chi connectivity index (χ0n) is 9.28. The molecule has 1 atom stereocenters. The average Bonchev–Trinajstić information content (AvgIpc) is 2.23. The lowest BCUT2D eigenvalue weighted by Gasteiger charge is -2.38. The van der Waals surface area contributed by atoms with E-state index in [9.17, 15) is 4.79 Å². The number of methoxy groups -OCH3 is 1. The third-order valence-electron chi connectivity index (χ3n) is 3.43. The lowest BCUT2D eigenvalue weighted by molar-refractivity contribution is -0.154. The predicted molar refractivity (Wildman–Crippen MR) is 55.5 cm³/mol. The van der Waals surface area contributed by atoms with Crippen molar-refractivity contribution in [3.8, 4) is 0 Å². The Balaban J connectivity index is 1.89. The fourth-order valence-electron chi connectivity index (χ4n) is 2.22. The molecule has 4 nitrogen and oxygen atoms in total. The minimum Gasteiger partial charge on any atom is -0.468 e. The van der Waals surface area contributed by atoms with Gasteiger partial charge < -0.3 is 9.47 Å². The first kappa shape index (κ1) is 10.9. The smallest absolute Gasteiger partial charge is 0.325 e. The molecule has 0 aromatic carbocycles. The predicted octanol–water partition coefficient (Wildman–Crippen LogP) is 0.660. The van der Waals surface area contributed by atoms with Gasteiger partial charge in [-0.1, -0.05) is 6.42 Å². The third kappa shape index (κ3) is 2.49. The van der Waals surface area contributed by atoms with Crippen molar-refractivity contribution >= 4 is 5.97 Å². The Bertz CT molecular complexity index is 228. The Labute approximate surface area is 90.5 Å². The summed E-state index contributed by atoms with van der Waals surface area (Å²) < 4.78 is 10.1. The van der Waals surface area contributed by atoms with E-state index < -0.39 is 0 Å². The summed E-state index contributed by atoms with van der Waals surface area (Å²) in [6.07, 6.45) is 3.97. The Hall–Kier alpha value is -0.610. The van der Waals surface area contributed by atoms with E-state index in [1.165, 1.54) is 26.4 Å². The molecule has 0 unspecified atom stereocenters. The lowest BCUT2D eigenvalue weighted by atomic mass is 9.85. The van der Waals surface area contributed by atoms with E-state index in [0.717, 1.165) is 25.6 Å². The van der Waals surface area contributed by atoms with Gasteiger partial charge in [-0.25, -0.2) is 0 Å². The van der Waals surface area contributed by atoms with Crippen LogP contribution >= 0.6 is 0 Å². The molecule has 2 rings (SSSR count). The van der Waals surface area contributed by atoms with Gasteiger partial charge in [0.15, 0.2) is 0 Å². The molecular weight excluding hydrogens is 194 g/mol. The van der Waals surface area contributed by atoms with Crippen LogP contribution in [-0.2, 0) is 14.3 Å². The number of nitrogens with zero attached hydrogens (tertiary/aromatic N) is 1. The zero-order chi connectivity index (χ0) is 10.7. The quantitative estimate of drug-likeness (QED) is 0.646. The van der Waals surface area contributed by atoms with Gasteiger partial charge in [0.05, 0.1) is 20.3 Å². The molecule has 0 amide bonds. The normalized spacial score (nSPS) is 28.5. The Morgan fingerprint density at radius 2 is 2.33 bits per heavy atom. The molecule has 0 aromatic rings. The standard InChI is InChI=1S/C11H19NO3/c1-14-11(13)10-8-15-6-5-12(10)7-9-3-2-4-9/h9-10H,2-8H2,1H3/t10-/m0/s1. The van der Waals surface area contributed by atoms with Crippen LogP contribution in [0, 0.1) is 5.92 Å². The molecule has 0 aromatic heterocycles. The number of ether oxygens (including phenoxy) is 2. The maximum absolute atomic E-state index is 11.5. The van der Waals surface area contributed by atoms with Gasteiger partial charge in [0.25, 0.3) is 0 Å². The van der Waals surface area contributed by atoms with E-state index in [0.29, 0.717) is 6.61 Å². The van der Waals surface area contributed by atoms with Crippen molar-refractivity contribution in [3.63, 3.8) is 0 Å². The second-order valence-corrected chi connectivity index (χ2v) is 4.41. The van der Waals surface area contributed by atoms with Crippen molar-refractivity contribution < 1.29 is 14.3 Å². The average molecular weight is 213 g/mol. The largest absolute Gasteiger partial charge is 0.468 e. The van der Waals surface area contributed by atoms with E-state index >= 15 is 0 Å². The molecule has 0 N–H and O–H groups in total. The molecule has 1 aliphatic heterocycles. The molecule has 0 radical (unpaired) electrons. The van der Waals surface area contributed by atoms with E-state index in [1.54, 1.807) is 0 Å². The van der Waals surface area contributed by atoms with Crippen LogP contribution in [0.3, 0.4) is 0 Å². The van der Waals surface area contributed by atoms with Crippen molar-refractivity contribution in [1.82, 2.24) is 4.90 Å². The maximum atomic E-state index is 11.5. The van der Waals surface area contributed by atoms with E-state index in [4.69, 9.17) is 9.47 Å². The Kier molecular flexibility index (Phi) is 3.59. The summed E-state index contributed by atoms with van der Waals surface area (Å²) in [5.41, 5.74) is 0. The summed E-state index contributed by atoms with van der Waals surface area (Å²) in [6.45, 7) is 3.11. The van der Waals surface area contributed by atoms with Crippen LogP contribution in [0.5, 0.6) is 0 Å². The van der Waals surface area contributed by atoms with Gasteiger partial charge in [-0.05, 0) is 18.8 Å². The Morgan fingerprint density at radius 1 is 1.53 bits per heavy atom. The molecule has 1 heterocycles. The summed E-state index contributed by atoms with van der Waals surface area (Å²) in [4.78, 5) is 13.7. The summed E-state index contributed by atoms with van der Waals surface area (Å²) in [6, 6.07) is -0.177. The van der Waals surface area contributed by atoms with Gasteiger partial charge in [-0.15, -0.1) is 0 Å². The molecule has 2 aliphatic rings. The number of hydrogen-bond donors (Lipinski definition) is 0. The summed E-state index contributed by atoms with van der Waals surface area (Å²) >= 11 is 0. The summed E-state index contributed by atoms with van der Waals surface area (Å²) in [7, 11) is 1.44. The molecule has 1 saturated carbocycles. The van der Waals surface area contributed by atoms with E-state index in [1.807, 2.05) is 0 Å². The van der Waals surface area contributed by atoms with Crippen molar-refractivity contribution in [1.29, 1.82) is 0 Å². The van der Waals surface area contributed by atoms with Crippen LogP contribution in [0.15, 0.2) is 0 Å². The SMILES string of the molecule is COC(=O)[C@@H]1COCCN1CC1CCC1. The second kappa shape index (κ2) is 4.94. The van der Waals surface area contributed by atoms with Crippen molar-refractivity contribution in [2.75, 3.05) is 33.4 Å². The second-order valence-electron chi connectivity index (χ2n) is 4.41. The highest BCUT2D eigenvalue weighted by Crippen LogP contribution is 2.28. The van der Waals surface area contributed by atoms with Gasteiger partial charge >= 0.3 is 5.97 Å². The van der Waals surface area contributed by atoms with E-state index in [2.05, 4.69) is 4.90 Å². The first-order valence-electron chi connectivity index (χ1n) is 5.71. The van der Waals surface area contributed by atoms with Crippen LogP contribution in [-0.4, -0.2) is 50.3 Å². The first-order chi connectivity index (χ1) is 7.31. The van der Waals surface area contributed by atoms with Crippen LogP contribution in [0.2, 0.25) is 0 Å². The van der Waals surface area contributed by atoms with Crippen LogP contribution in [0.4, 0.5) is 0 Å². The van der Waals surface area contributed by atoms with Gasteiger partial charge in [-0.3, -0.25) is 9.69 Å². The van der Waals surface area contributed by atoms with Crippen LogP contribution < -0.4 is 0 Å². The van der Waals surface area contributed by atoms with Crippen LogP contribution in [0.25, 0.3) is 0 Å². The minimum absolute atomic E-state index is 0.158. The highest BCUT2D eigenvalue weighted by atomic mass is 16.5. The maximum Gasteiger partial charge on any atom is 0.325 e. The minimum atomic E-state index is -0.177. The molecule has 0 bridgehead atoms. The lowest BCUT2D eigenvalue weighted by Crippen LogP contribution is -2.52. The number of morpholine rings is 1. The molecule has 2 fully saturated rings. The molecule has 15 heavy (non-hydrogen) atoms. The van der Waals surface area contributed by atoms with Crippen molar-refractivity contribution in [3.05, 3.63) is 0 Å². The molecule has 1 saturated heterocycles. The molecule has 86 valence electrons. The number of carbonyl (C=O) groups is 1. The van der Waals surface area contributed by atoms with Gasteiger partial charge in [0.2, 0.25) is 0 Å². The number of hydrogen-bond acceptors (Lipinski definition) is 4. The molecule has 0 spiro atoms. The fraction of sp³-hybridized carbons (Fsp3) is 0.909. The van der Waals surface area contributed by atoms with Crippen LogP contribution in [0.1, 0.15) is 19.3 Å². The zero-order valence-corrected chi connectivity index (χ0v) is 9.28. The highest BCUT2D eigenvalue weighted by Gasteiger charge is 2.32. The van der Waals surface area contributed by atoms with E-state index in [-0.39, 0.29) is 12.0 Å². The van der Waals surface area contributed by atoms with Crippen molar-refractivity contribution in [2.45, 2.75) is 25.3 Å². The molecule has 1 aliphatic carbocycles. The molecule has 4 heteroatoms. The van der Waals surface area contributed by atoms with Crippen molar-refractivity contribution in [2.24, 2.45) is 5.92 Å². The number of rotatable bonds is 3. The third-order valence-corrected chi connectivity index (χ3v) is 3.43. The van der Waals surface area contributed by atoms with Gasteiger partial charge in [-0.2, -0.15) is 0 Å². The topological polar surface area (TPSA) is 38.8 Å². The van der Waals surface area contributed by atoms with Gasteiger partial charge in [0, 0.05) is 13.1 Å². The number of esters is 1.